The summed E-state index contributed by atoms with van der Waals surface area (Å²) in [4.78, 5) is 29.3. The van der Waals surface area contributed by atoms with Gasteiger partial charge in [0.05, 0.1) is 5.56 Å². The molecule has 178 valence electrons. The number of para-hydroxylation sites is 1. The Morgan fingerprint density at radius 2 is 2.00 bits per heavy atom. The molecule has 0 radical (unpaired) electrons. The van der Waals surface area contributed by atoms with Crippen LogP contribution in [0.25, 0.3) is 21.8 Å². The maximum atomic E-state index is 13.4. The number of carbonyl (C=O) groups is 1. The van der Waals surface area contributed by atoms with Gasteiger partial charge in [0.2, 0.25) is 0 Å². The number of nitrogens with zero attached hydrogens (tertiary/aromatic N) is 3. The lowest BCUT2D eigenvalue weighted by atomic mass is 10.00. The highest BCUT2D eigenvalue weighted by Crippen LogP contribution is 2.29. The average molecular weight is 451 g/mol. The fourth-order valence-electron chi connectivity index (χ4n) is 5.43. The van der Waals surface area contributed by atoms with Gasteiger partial charge in [0, 0.05) is 55.2 Å². The van der Waals surface area contributed by atoms with Crippen LogP contribution in [0.15, 0.2) is 35.3 Å². The van der Waals surface area contributed by atoms with Gasteiger partial charge in [-0.1, -0.05) is 45.4 Å². The molecule has 1 N–H and O–H groups in total. The fraction of sp³-hybridized carbons (Fsp3) is 0.556. The predicted molar refractivity (Wildman–Crippen MR) is 136 cm³/mol. The summed E-state index contributed by atoms with van der Waals surface area (Å²) < 4.78 is 3.64. The normalized spacial score (nSPS) is 17.3. The van der Waals surface area contributed by atoms with Crippen LogP contribution >= 0.6 is 0 Å². The molecule has 4 rings (SSSR count). The number of carbonyl (C=O) groups excluding carboxylic acids is 1. The van der Waals surface area contributed by atoms with E-state index in [0.29, 0.717) is 36.1 Å². The van der Waals surface area contributed by atoms with E-state index in [1.54, 1.807) is 10.8 Å². The lowest BCUT2D eigenvalue weighted by Crippen LogP contribution is -2.40. The summed E-state index contributed by atoms with van der Waals surface area (Å²) in [5, 5.41) is 4.86. The smallest absolute Gasteiger partial charge is 0.275 e. The number of amides is 1. The second kappa shape index (κ2) is 10.1. The molecule has 6 nitrogen and oxygen atoms in total. The van der Waals surface area contributed by atoms with E-state index in [9.17, 15) is 9.59 Å². The van der Waals surface area contributed by atoms with Crippen molar-refractivity contribution in [3.8, 4) is 0 Å². The van der Waals surface area contributed by atoms with Gasteiger partial charge in [-0.05, 0) is 44.2 Å². The van der Waals surface area contributed by atoms with Crippen LogP contribution in [0.2, 0.25) is 0 Å². The Hall–Kier alpha value is -2.60. The topological polar surface area (TPSA) is 59.3 Å². The molecule has 6 heteroatoms. The summed E-state index contributed by atoms with van der Waals surface area (Å²) in [5.41, 5.74) is 2.12. The minimum absolute atomic E-state index is 0.0374. The van der Waals surface area contributed by atoms with Gasteiger partial charge in [0.1, 0.15) is 5.52 Å². The zero-order chi connectivity index (χ0) is 23.5. The molecule has 1 aromatic carbocycles. The molecule has 1 fully saturated rings. The minimum Gasteiger partial charge on any atom is -0.352 e. The summed E-state index contributed by atoms with van der Waals surface area (Å²) in [7, 11) is 1.91. The van der Waals surface area contributed by atoms with Crippen LogP contribution in [-0.2, 0) is 13.6 Å². The Morgan fingerprint density at radius 3 is 2.76 bits per heavy atom. The summed E-state index contributed by atoms with van der Waals surface area (Å²) in [6.45, 7) is 9.86. The number of piperidine rings is 1. The van der Waals surface area contributed by atoms with Crippen LogP contribution < -0.4 is 10.9 Å². The van der Waals surface area contributed by atoms with E-state index >= 15 is 0 Å². The lowest BCUT2D eigenvalue weighted by molar-refractivity contribution is 0.0948. The van der Waals surface area contributed by atoms with Crippen molar-refractivity contribution in [3.63, 3.8) is 0 Å². The first kappa shape index (κ1) is 23.6. The Kier molecular flexibility index (Phi) is 7.23. The molecule has 33 heavy (non-hydrogen) atoms. The first-order valence-electron chi connectivity index (χ1n) is 12.5. The maximum absolute atomic E-state index is 13.4. The van der Waals surface area contributed by atoms with Crippen molar-refractivity contribution < 1.29 is 4.79 Å². The zero-order valence-electron chi connectivity index (χ0n) is 20.6. The Balaban J connectivity index is 1.60. The number of benzene rings is 1. The number of aryl methyl sites for hydroxylation is 1. The maximum Gasteiger partial charge on any atom is 0.275 e. The van der Waals surface area contributed by atoms with E-state index in [2.05, 4.69) is 31.0 Å². The van der Waals surface area contributed by atoms with Gasteiger partial charge >= 0.3 is 0 Å². The SMILES string of the molecule is CCC1CCCCN1CCCNC(=O)c1cn(CC(C)C)c(=O)c2c1c1ccccc1n2C. The Labute approximate surface area is 196 Å². The zero-order valence-corrected chi connectivity index (χ0v) is 20.6. The van der Waals surface area contributed by atoms with Gasteiger partial charge in [0.15, 0.2) is 0 Å². The molecule has 1 saturated heterocycles. The first-order chi connectivity index (χ1) is 15.9. The third-order valence-corrected chi connectivity index (χ3v) is 7.06. The number of pyridine rings is 1. The van der Waals surface area contributed by atoms with Crippen molar-refractivity contribution in [3.05, 3.63) is 46.4 Å². The second-order valence-corrected chi connectivity index (χ2v) is 9.90. The molecule has 1 amide bonds. The number of hydrogen-bond acceptors (Lipinski definition) is 3. The molecule has 0 saturated carbocycles. The van der Waals surface area contributed by atoms with E-state index < -0.39 is 0 Å². The van der Waals surface area contributed by atoms with E-state index in [1.165, 1.54) is 32.2 Å². The predicted octanol–water partition coefficient (Wildman–Crippen LogP) is 4.53. The Morgan fingerprint density at radius 1 is 1.21 bits per heavy atom. The second-order valence-electron chi connectivity index (χ2n) is 9.90. The van der Waals surface area contributed by atoms with Crippen LogP contribution in [0.1, 0.15) is 63.2 Å². The molecule has 3 aromatic rings. The molecule has 0 aliphatic carbocycles. The van der Waals surface area contributed by atoms with E-state index in [1.807, 2.05) is 35.9 Å². The molecule has 1 aliphatic rings. The molecule has 0 spiro atoms. The van der Waals surface area contributed by atoms with Gasteiger partial charge < -0.3 is 19.4 Å². The van der Waals surface area contributed by atoms with Crippen molar-refractivity contribution in [2.24, 2.45) is 13.0 Å². The summed E-state index contributed by atoms with van der Waals surface area (Å²) in [5.74, 6) is 0.210. The number of nitrogens with one attached hydrogen (secondary N) is 1. The highest BCUT2D eigenvalue weighted by atomic mass is 16.2. The summed E-state index contributed by atoms with van der Waals surface area (Å²) in [6.07, 6.45) is 7.80. The highest BCUT2D eigenvalue weighted by Gasteiger charge is 2.22. The molecule has 3 heterocycles. The molecular formula is C27H38N4O2. The van der Waals surface area contributed by atoms with E-state index in [0.717, 1.165) is 29.3 Å². The monoisotopic (exact) mass is 450 g/mol. The van der Waals surface area contributed by atoms with Crippen LogP contribution in [-0.4, -0.2) is 45.6 Å². The molecule has 1 unspecified atom stereocenters. The van der Waals surface area contributed by atoms with Crippen LogP contribution in [0.5, 0.6) is 0 Å². The number of rotatable bonds is 8. The van der Waals surface area contributed by atoms with Crippen molar-refractivity contribution in [2.75, 3.05) is 19.6 Å². The van der Waals surface area contributed by atoms with Gasteiger partial charge in [0.25, 0.3) is 11.5 Å². The number of aromatic nitrogens is 2. The van der Waals surface area contributed by atoms with Crippen LogP contribution in [0.3, 0.4) is 0 Å². The minimum atomic E-state index is -0.0976. The van der Waals surface area contributed by atoms with Crippen molar-refractivity contribution >= 4 is 27.7 Å². The molecule has 0 bridgehead atoms. The van der Waals surface area contributed by atoms with Crippen LogP contribution in [0.4, 0.5) is 0 Å². The van der Waals surface area contributed by atoms with Crippen molar-refractivity contribution in [2.45, 2.75) is 65.5 Å². The van der Waals surface area contributed by atoms with E-state index in [4.69, 9.17) is 0 Å². The third-order valence-electron chi connectivity index (χ3n) is 7.06. The molecule has 2 aromatic heterocycles. The lowest BCUT2D eigenvalue weighted by Gasteiger charge is -2.35. The van der Waals surface area contributed by atoms with E-state index in [-0.39, 0.29) is 11.5 Å². The van der Waals surface area contributed by atoms with Crippen molar-refractivity contribution in [1.29, 1.82) is 0 Å². The van der Waals surface area contributed by atoms with Crippen molar-refractivity contribution in [1.82, 2.24) is 19.4 Å². The van der Waals surface area contributed by atoms with Gasteiger partial charge in [-0.3, -0.25) is 9.59 Å². The molecule has 1 aliphatic heterocycles. The summed E-state index contributed by atoms with van der Waals surface area (Å²) >= 11 is 0. The average Bonchev–Trinajstić information content (AvgIpc) is 3.11. The van der Waals surface area contributed by atoms with Crippen LogP contribution in [0, 0.1) is 5.92 Å². The number of likely N-dealkylation sites (tertiary alicyclic amines) is 1. The first-order valence-corrected chi connectivity index (χ1v) is 12.5. The highest BCUT2D eigenvalue weighted by molar-refractivity contribution is 6.17. The fourth-order valence-corrected chi connectivity index (χ4v) is 5.43. The van der Waals surface area contributed by atoms with Gasteiger partial charge in [-0.2, -0.15) is 0 Å². The summed E-state index contributed by atoms with van der Waals surface area (Å²) in [6, 6.07) is 8.63. The molecule has 1 atom stereocenters. The number of fused-ring (bicyclic) bond motifs is 3. The Bertz CT molecular complexity index is 1190. The van der Waals surface area contributed by atoms with Gasteiger partial charge in [-0.15, -0.1) is 0 Å². The largest absolute Gasteiger partial charge is 0.352 e. The quantitative estimate of drug-likeness (QED) is 0.513. The standard InChI is InChI=1S/C27H38N4O2/c1-5-20-11-8-9-15-30(20)16-10-14-28-26(32)22-18-31(17-19(2)3)27(33)25-24(22)21-12-6-7-13-23(21)29(25)4/h6-7,12-13,18-20H,5,8-11,14-17H2,1-4H3,(H,28,32). The third kappa shape index (κ3) is 4.72. The molecular weight excluding hydrogens is 412 g/mol. The number of hydrogen-bond donors (Lipinski definition) is 1. The van der Waals surface area contributed by atoms with Gasteiger partial charge in [-0.25, -0.2) is 0 Å².